The first kappa shape index (κ1) is 12.9. The molecule has 100 valence electrons. The van der Waals surface area contributed by atoms with Crippen LogP contribution < -0.4 is 5.56 Å². The topological polar surface area (TPSA) is 75.1 Å². The molecule has 2 rings (SSSR count). The number of carboxylic acids is 1. The van der Waals surface area contributed by atoms with Crippen LogP contribution in [0.5, 0.6) is 0 Å². The largest absolute Gasteiger partial charge is 0.477 e. The minimum atomic E-state index is -1.13. The summed E-state index contributed by atoms with van der Waals surface area (Å²) in [5.74, 6) is -1.12. The van der Waals surface area contributed by atoms with E-state index < -0.39 is 5.97 Å². The highest BCUT2D eigenvalue weighted by molar-refractivity contribution is 5.88. The Balaban J connectivity index is 2.45. The van der Waals surface area contributed by atoms with Crippen LogP contribution in [-0.2, 0) is 0 Å². The fourth-order valence-corrected chi connectivity index (χ4v) is 2.69. The van der Waals surface area contributed by atoms with Crippen molar-refractivity contribution in [3.05, 3.63) is 21.6 Å². The average molecular weight is 252 g/mol. The second-order valence-corrected chi connectivity index (χ2v) is 5.33. The van der Waals surface area contributed by atoms with Crippen LogP contribution in [0.15, 0.2) is 4.79 Å². The molecule has 18 heavy (non-hydrogen) atoms. The van der Waals surface area contributed by atoms with E-state index in [1.165, 1.54) is 11.1 Å². The Morgan fingerprint density at radius 2 is 1.94 bits per heavy atom. The first-order valence-corrected chi connectivity index (χ1v) is 6.60. The molecule has 0 radical (unpaired) electrons. The fourth-order valence-electron chi connectivity index (χ4n) is 2.69. The van der Waals surface area contributed by atoms with Gasteiger partial charge >= 0.3 is 5.97 Å². The van der Waals surface area contributed by atoms with E-state index in [0.29, 0.717) is 5.69 Å². The number of carboxylic acid groups (broad SMARTS) is 1. The zero-order valence-electron chi connectivity index (χ0n) is 10.9. The molecule has 5 nitrogen and oxygen atoms in total. The molecule has 2 N–H and O–H groups in total. The third-order valence-corrected chi connectivity index (χ3v) is 3.67. The lowest BCUT2D eigenvalue weighted by molar-refractivity contribution is 0.0693. The summed E-state index contributed by atoms with van der Waals surface area (Å²) in [6.45, 7) is 3.78. The third kappa shape index (κ3) is 2.21. The molecule has 0 unspecified atom stereocenters. The lowest BCUT2D eigenvalue weighted by Gasteiger charge is -2.22. The molecule has 0 aromatic carbocycles. The van der Waals surface area contributed by atoms with E-state index in [-0.39, 0.29) is 23.1 Å². The summed E-state index contributed by atoms with van der Waals surface area (Å²) in [6.07, 6.45) is 5.33. The fraction of sp³-hybridized carbons (Fsp3) is 0.692. The first-order chi connectivity index (χ1) is 8.52. The van der Waals surface area contributed by atoms with E-state index >= 15 is 0 Å². The molecular formula is C13H20N2O3. The van der Waals surface area contributed by atoms with Crippen LogP contribution in [-0.4, -0.2) is 20.9 Å². The van der Waals surface area contributed by atoms with Gasteiger partial charge in [-0.05, 0) is 18.8 Å². The number of rotatable bonds is 3. The zero-order chi connectivity index (χ0) is 13.3. The van der Waals surface area contributed by atoms with Crippen molar-refractivity contribution in [3.63, 3.8) is 0 Å². The normalized spacial score (nSPS) is 17.3. The highest BCUT2D eigenvalue weighted by Crippen LogP contribution is 2.27. The quantitative estimate of drug-likeness (QED) is 0.867. The maximum atomic E-state index is 12.2. The van der Waals surface area contributed by atoms with Crippen LogP contribution in [0.3, 0.4) is 0 Å². The van der Waals surface area contributed by atoms with Crippen LogP contribution in [0.2, 0.25) is 0 Å². The standard InChI is InChI=1S/C13H20N2O3/c1-8(2)11-10(13(17)18)12(16)15(14-11)9-6-4-3-5-7-9/h8-9,14H,3-7H2,1-2H3,(H,17,18). The average Bonchev–Trinajstić information content (AvgIpc) is 2.68. The van der Waals surface area contributed by atoms with E-state index in [2.05, 4.69) is 5.10 Å². The molecule has 0 atom stereocenters. The highest BCUT2D eigenvalue weighted by atomic mass is 16.4. The lowest BCUT2D eigenvalue weighted by Crippen LogP contribution is -2.27. The van der Waals surface area contributed by atoms with Gasteiger partial charge in [0.05, 0.1) is 11.7 Å². The Hall–Kier alpha value is -1.52. The van der Waals surface area contributed by atoms with Crippen molar-refractivity contribution in [2.75, 3.05) is 0 Å². The van der Waals surface area contributed by atoms with E-state index in [9.17, 15) is 14.7 Å². The number of carbonyl (C=O) groups is 1. The molecule has 0 saturated heterocycles. The number of aromatic carboxylic acids is 1. The SMILES string of the molecule is CC(C)c1[nH]n(C2CCCCC2)c(=O)c1C(=O)O. The summed E-state index contributed by atoms with van der Waals surface area (Å²) in [4.78, 5) is 23.4. The van der Waals surface area contributed by atoms with Crippen molar-refractivity contribution in [1.82, 2.24) is 9.78 Å². The molecule has 5 heteroatoms. The second-order valence-electron chi connectivity index (χ2n) is 5.33. The number of nitrogens with zero attached hydrogens (tertiary/aromatic N) is 1. The third-order valence-electron chi connectivity index (χ3n) is 3.67. The molecular weight excluding hydrogens is 232 g/mol. The van der Waals surface area contributed by atoms with Crippen LogP contribution in [0.4, 0.5) is 0 Å². The van der Waals surface area contributed by atoms with Gasteiger partial charge in [0.25, 0.3) is 5.56 Å². The molecule has 1 aromatic rings. The van der Waals surface area contributed by atoms with Gasteiger partial charge in [-0.25, -0.2) is 9.48 Å². The van der Waals surface area contributed by atoms with Gasteiger partial charge < -0.3 is 5.11 Å². The van der Waals surface area contributed by atoms with E-state index in [0.717, 1.165) is 25.7 Å². The summed E-state index contributed by atoms with van der Waals surface area (Å²) < 4.78 is 1.54. The van der Waals surface area contributed by atoms with E-state index in [1.54, 1.807) is 0 Å². The van der Waals surface area contributed by atoms with Gasteiger partial charge in [0.15, 0.2) is 0 Å². The minimum absolute atomic E-state index is 0.00800. The Kier molecular flexibility index (Phi) is 3.59. The first-order valence-electron chi connectivity index (χ1n) is 6.60. The Labute approximate surface area is 106 Å². The van der Waals surface area contributed by atoms with Crippen molar-refractivity contribution >= 4 is 5.97 Å². The Bertz CT molecular complexity index is 493. The smallest absolute Gasteiger partial charge is 0.343 e. The molecule has 0 spiro atoms. The molecule has 1 saturated carbocycles. The van der Waals surface area contributed by atoms with Gasteiger partial charge in [-0.3, -0.25) is 9.89 Å². The molecule has 0 bridgehead atoms. The second kappa shape index (κ2) is 5.00. The number of hydrogen-bond donors (Lipinski definition) is 2. The molecule has 1 aromatic heterocycles. The predicted molar refractivity (Wildman–Crippen MR) is 68.2 cm³/mol. The number of H-pyrrole nitrogens is 1. The van der Waals surface area contributed by atoms with Crippen molar-refractivity contribution in [2.24, 2.45) is 0 Å². The van der Waals surface area contributed by atoms with E-state index in [1.807, 2.05) is 13.8 Å². The summed E-state index contributed by atoms with van der Waals surface area (Å²) >= 11 is 0. The van der Waals surface area contributed by atoms with Crippen LogP contribution in [0.25, 0.3) is 0 Å². The van der Waals surface area contributed by atoms with Crippen molar-refractivity contribution in [2.45, 2.75) is 57.9 Å². The molecule has 0 aliphatic heterocycles. The van der Waals surface area contributed by atoms with Gasteiger partial charge in [-0.2, -0.15) is 0 Å². The summed E-state index contributed by atoms with van der Waals surface area (Å²) in [7, 11) is 0. The summed E-state index contributed by atoms with van der Waals surface area (Å²) in [5.41, 5.74) is 0.0757. The van der Waals surface area contributed by atoms with Gasteiger partial charge in [-0.15, -0.1) is 0 Å². The number of hydrogen-bond acceptors (Lipinski definition) is 2. The highest BCUT2D eigenvalue weighted by Gasteiger charge is 2.26. The molecule has 1 heterocycles. The molecule has 0 amide bonds. The maximum absolute atomic E-state index is 12.2. The Morgan fingerprint density at radius 3 is 2.39 bits per heavy atom. The van der Waals surface area contributed by atoms with Crippen molar-refractivity contribution in [1.29, 1.82) is 0 Å². The number of aromatic amines is 1. The Morgan fingerprint density at radius 1 is 1.33 bits per heavy atom. The van der Waals surface area contributed by atoms with Gasteiger partial charge in [0.1, 0.15) is 5.56 Å². The van der Waals surface area contributed by atoms with E-state index in [4.69, 9.17) is 0 Å². The van der Waals surface area contributed by atoms with Crippen LogP contribution >= 0.6 is 0 Å². The van der Waals surface area contributed by atoms with Gasteiger partial charge in [0.2, 0.25) is 0 Å². The maximum Gasteiger partial charge on any atom is 0.343 e. The van der Waals surface area contributed by atoms with Crippen molar-refractivity contribution in [3.8, 4) is 0 Å². The molecule has 1 aliphatic carbocycles. The number of nitrogens with one attached hydrogen (secondary N) is 1. The lowest BCUT2D eigenvalue weighted by atomic mass is 9.96. The summed E-state index contributed by atoms with van der Waals surface area (Å²) in [6, 6.07) is 0.136. The van der Waals surface area contributed by atoms with Crippen molar-refractivity contribution < 1.29 is 9.90 Å². The minimum Gasteiger partial charge on any atom is -0.477 e. The van der Waals surface area contributed by atoms with Crippen LogP contribution in [0, 0.1) is 0 Å². The molecule has 1 aliphatic rings. The predicted octanol–water partition coefficient (Wildman–Crippen LogP) is 2.50. The molecule has 1 fully saturated rings. The van der Waals surface area contributed by atoms with Crippen LogP contribution in [0.1, 0.15) is 74.0 Å². The zero-order valence-corrected chi connectivity index (χ0v) is 10.9. The van der Waals surface area contributed by atoms with Gasteiger partial charge in [-0.1, -0.05) is 33.1 Å². The monoisotopic (exact) mass is 252 g/mol. The number of aromatic nitrogens is 2. The summed E-state index contributed by atoms with van der Waals surface area (Å²) in [5, 5.41) is 12.2. The van der Waals surface area contributed by atoms with Gasteiger partial charge in [0, 0.05) is 0 Å².